The number of pyridine rings is 1. The lowest BCUT2D eigenvalue weighted by Gasteiger charge is -2.07. The van der Waals surface area contributed by atoms with E-state index in [-0.39, 0.29) is 5.82 Å². The molecule has 0 aliphatic carbocycles. The highest BCUT2D eigenvalue weighted by atomic mass is 35.5. The van der Waals surface area contributed by atoms with Crippen molar-refractivity contribution in [1.29, 1.82) is 0 Å². The van der Waals surface area contributed by atoms with Crippen LogP contribution in [-0.2, 0) is 0 Å². The topological polar surface area (TPSA) is 12.9 Å². The number of halogens is 3. The van der Waals surface area contributed by atoms with Crippen LogP contribution in [0.25, 0.3) is 16.8 Å². The van der Waals surface area contributed by atoms with Crippen molar-refractivity contribution in [1.82, 2.24) is 4.98 Å². The minimum absolute atomic E-state index is 0.307. The Labute approximate surface area is 115 Å². The molecule has 0 aliphatic heterocycles. The van der Waals surface area contributed by atoms with E-state index in [9.17, 15) is 4.39 Å². The van der Waals surface area contributed by atoms with E-state index >= 15 is 0 Å². The second-order valence-electron chi connectivity index (χ2n) is 3.95. The van der Waals surface area contributed by atoms with Crippen molar-refractivity contribution in [2.75, 3.05) is 0 Å². The van der Waals surface area contributed by atoms with Crippen molar-refractivity contribution in [3.05, 3.63) is 58.5 Å². The van der Waals surface area contributed by atoms with Crippen molar-refractivity contribution >= 4 is 28.8 Å². The van der Waals surface area contributed by atoms with Gasteiger partial charge in [0.15, 0.2) is 0 Å². The zero-order chi connectivity index (χ0) is 13.3. The molecule has 1 heterocycles. The molecule has 0 radical (unpaired) electrons. The predicted molar refractivity (Wildman–Crippen MR) is 74.4 cm³/mol. The van der Waals surface area contributed by atoms with Gasteiger partial charge in [-0.25, -0.2) is 4.39 Å². The molecule has 92 valence electrons. The van der Waals surface area contributed by atoms with Gasteiger partial charge in [-0.1, -0.05) is 29.8 Å². The molecule has 0 atom stereocenters. The summed E-state index contributed by atoms with van der Waals surface area (Å²) in [5, 5.41) is 0.856. The fraction of sp³-hybridized carbons (Fsp3) is 0.0714. The number of hydrogen-bond acceptors (Lipinski definition) is 1. The van der Waals surface area contributed by atoms with E-state index in [0.29, 0.717) is 21.3 Å². The van der Waals surface area contributed by atoms with Gasteiger partial charge in [0, 0.05) is 17.3 Å². The van der Waals surface area contributed by atoms with Gasteiger partial charge < -0.3 is 0 Å². The molecule has 0 fully saturated rings. The first kappa shape index (κ1) is 13.1. The number of aromatic nitrogens is 1. The van der Waals surface area contributed by atoms with Gasteiger partial charge in [-0.2, -0.15) is 0 Å². The second-order valence-corrected chi connectivity index (χ2v) is 4.77. The first-order valence-electron chi connectivity index (χ1n) is 5.26. The van der Waals surface area contributed by atoms with E-state index in [1.807, 2.05) is 6.92 Å². The minimum Gasteiger partial charge on any atom is -0.255 e. The van der Waals surface area contributed by atoms with Crippen LogP contribution in [0.2, 0.25) is 10.0 Å². The van der Waals surface area contributed by atoms with Crippen LogP contribution in [-0.4, -0.2) is 4.98 Å². The highest BCUT2D eigenvalue weighted by molar-refractivity contribution is 6.34. The van der Waals surface area contributed by atoms with Crippen molar-refractivity contribution in [2.24, 2.45) is 0 Å². The first-order valence-corrected chi connectivity index (χ1v) is 6.01. The molecule has 18 heavy (non-hydrogen) atoms. The minimum atomic E-state index is -0.381. The van der Waals surface area contributed by atoms with Crippen molar-refractivity contribution < 1.29 is 4.39 Å². The molecule has 0 amide bonds. The van der Waals surface area contributed by atoms with Gasteiger partial charge in [-0.3, -0.25) is 4.98 Å². The molecule has 0 unspecified atom stereocenters. The van der Waals surface area contributed by atoms with Gasteiger partial charge in [-0.15, -0.1) is 0 Å². The van der Waals surface area contributed by atoms with E-state index < -0.39 is 0 Å². The van der Waals surface area contributed by atoms with Crippen LogP contribution in [0.5, 0.6) is 0 Å². The lowest BCUT2D eigenvalue weighted by Crippen LogP contribution is -1.89. The van der Waals surface area contributed by atoms with Crippen LogP contribution in [0.3, 0.4) is 0 Å². The third kappa shape index (κ3) is 2.55. The number of rotatable bonds is 2. The summed E-state index contributed by atoms with van der Waals surface area (Å²) in [4.78, 5) is 4.27. The van der Waals surface area contributed by atoms with Gasteiger partial charge in [0.1, 0.15) is 5.82 Å². The summed E-state index contributed by atoms with van der Waals surface area (Å²) in [6, 6.07) is 5.87. The average Bonchev–Trinajstić information content (AvgIpc) is 2.28. The zero-order valence-electron chi connectivity index (χ0n) is 9.67. The van der Waals surface area contributed by atoms with Gasteiger partial charge in [0.05, 0.1) is 15.7 Å². The van der Waals surface area contributed by atoms with Gasteiger partial charge in [-0.05, 0) is 36.8 Å². The molecule has 0 saturated carbocycles. The molecule has 0 saturated heterocycles. The third-order valence-corrected chi connectivity index (χ3v) is 3.15. The highest BCUT2D eigenvalue weighted by Gasteiger charge is 2.09. The molecule has 4 heteroatoms. The summed E-state index contributed by atoms with van der Waals surface area (Å²) in [6.07, 6.45) is 1.64. The summed E-state index contributed by atoms with van der Waals surface area (Å²) in [6.45, 7) is 5.67. The monoisotopic (exact) mass is 281 g/mol. The number of benzene rings is 1. The lowest BCUT2D eigenvalue weighted by molar-refractivity contribution is 0.628. The van der Waals surface area contributed by atoms with E-state index in [1.54, 1.807) is 18.3 Å². The Bertz CT molecular complexity index is 623. The largest absolute Gasteiger partial charge is 0.255 e. The first-order chi connectivity index (χ1) is 8.49. The molecule has 0 spiro atoms. The standard InChI is InChI=1S/C14H10Cl2FN/c1-8(2)11-7-18-14(6-13(11)16)10-4-3-9(17)5-12(10)15/h3-7H,1H2,2H3. The van der Waals surface area contributed by atoms with Crippen LogP contribution in [0.15, 0.2) is 37.0 Å². The Morgan fingerprint density at radius 1 is 1.22 bits per heavy atom. The molecule has 1 aromatic heterocycles. The molecule has 0 aliphatic rings. The lowest BCUT2D eigenvalue weighted by atomic mass is 10.1. The summed E-state index contributed by atoms with van der Waals surface area (Å²) in [7, 11) is 0. The average molecular weight is 282 g/mol. The van der Waals surface area contributed by atoms with E-state index in [0.717, 1.165) is 11.1 Å². The van der Waals surface area contributed by atoms with Crippen molar-refractivity contribution in [3.63, 3.8) is 0 Å². The quantitative estimate of drug-likeness (QED) is 0.735. The van der Waals surface area contributed by atoms with Crippen molar-refractivity contribution in [3.8, 4) is 11.3 Å². The van der Waals surface area contributed by atoms with Crippen LogP contribution >= 0.6 is 23.2 Å². The van der Waals surface area contributed by atoms with Crippen molar-refractivity contribution in [2.45, 2.75) is 6.92 Å². The molecule has 2 rings (SSSR count). The van der Waals surface area contributed by atoms with Gasteiger partial charge in [0.2, 0.25) is 0 Å². The normalized spacial score (nSPS) is 10.4. The van der Waals surface area contributed by atoms with Gasteiger partial charge in [0.25, 0.3) is 0 Å². The molecule has 0 N–H and O–H groups in total. The van der Waals surface area contributed by atoms with E-state index in [1.165, 1.54) is 12.1 Å². The molecule has 2 aromatic rings. The molecule has 1 nitrogen and oxygen atoms in total. The fourth-order valence-corrected chi connectivity index (χ4v) is 2.17. The van der Waals surface area contributed by atoms with Crippen LogP contribution in [0, 0.1) is 5.82 Å². The Morgan fingerprint density at radius 3 is 2.50 bits per heavy atom. The van der Waals surface area contributed by atoms with Crippen LogP contribution in [0.4, 0.5) is 4.39 Å². The summed E-state index contributed by atoms with van der Waals surface area (Å²) in [5.41, 5.74) is 2.88. The van der Waals surface area contributed by atoms with E-state index in [2.05, 4.69) is 11.6 Å². The highest BCUT2D eigenvalue weighted by Crippen LogP contribution is 2.31. The maximum Gasteiger partial charge on any atom is 0.124 e. The molecular formula is C14H10Cl2FN. The molecular weight excluding hydrogens is 272 g/mol. The Balaban J connectivity index is 2.52. The molecule has 0 bridgehead atoms. The number of nitrogens with zero attached hydrogens (tertiary/aromatic N) is 1. The maximum absolute atomic E-state index is 13.0. The fourth-order valence-electron chi connectivity index (χ4n) is 1.59. The SMILES string of the molecule is C=C(C)c1cnc(-c2ccc(F)cc2Cl)cc1Cl. The Morgan fingerprint density at radius 2 is 1.94 bits per heavy atom. The molecule has 1 aromatic carbocycles. The number of allylic oxidation sites excluding steroid dienone is 1. The summed E-state index contributed by atoms with van der Waals surface area (Å²) < 4.78 is 13.0. The zero-order valence-corrected chi connectivity index (χ0v) is 11.2. The van der Waals surface area contributed by atoms with E-state index in [4.69, 9.17) is 23.2 Å². The van der Waals surface area contributed by atoms with Crippen LogP contribution < -0.4 is 0 Å². The third-order valence-electron chi connectivity index (χ3n) is 2.52. The van der Waals surface area contributed by atoms with Crippen LogP contribution in [0.1, 0.15) is 12.5 Å². The Hall–Kier alpha value is -1.38. The summed E-state index contributed by atoms with van der Waals surface area (Å²) >= 11 is 12.1. The predicted octanol–water partition coefficient (Wildman–Crippen LogP) is 5.23. The number of hydrogen-bond donors (Lipinski definition) is 0. The maximum atomic E-state index is 13.0. The Kier molecular flexibility index (Phi) is 3.69. The second kappa shape index (κ2) is 5.09. The summed E-state index contributed by atoms with van der Waals surface area (Å²) in [5.74, 6) is -0.381. The smallest absolute Gasteiger partial charge is 0.124 e. The van der Waals surface area contributed by atoms with Gasteiger partial charge >= 0.3 is 0 Å².